The summed E-state index contributed by atoms with van der Waals surface area (Å²) in [5.41, 5.74) is 3.21. The van der Waals surface area contributed by atoms with Crippen LogP contribution in [0.15, 0.2) is 28.7 Å². The van der Waals surface area contributed by atoms with Crippen LogP contribution in [0.25, 0.3) is 0 Å². The predicted molar refractivity (Wildman–Crippen MR) is 99.3 cm³/mol. The molecule has 1 saturated heterocycles. The summed E-state index contributed by atoms with van der Waals surface area (Å²) in [6.07, 6.45) is 0. The fourth-order valence-electron chi connectivity index (χ4n) is 2.43. The maximum Gasteiger partial charge on any atom is 0.145 e. The van der Waals surface area contributed by atoms with Crippen LogP contribution in [0.3, 0.4) is 0 Å². The van der Waals surface area contributed by atoms with E-state index in [2.05, 4.69) is 45.5 Å². The summed E-state index contributed by atoms with van der Waals surface area (Å²) < 4.78 is 16.1. The third-order valence-electron chi connectivity index (χ3n) is 4.12. The average molecular weight is 336 g/mol. The van der Waals surface area contributed by atoms with Gasteiger partial charge in [0.1, 0.15) is 11.0 Å². The van der Waals surface area contributed by atoms with Crippen LogP contribution in [-0.2, 0) is 17.5 Å². The largest absolute Gasteiger partial charge is 0.304 e. The Morgan fingerprint density at radius 1 is 1.13 bits per heavy atom. The van der Waals surface area contributed by atoms with Gasteiger partial charge in [0.2, 0.25) is 0 Å². The lowest BCUT2D eigenvalue weighted by Gasteiger charge is -2.32. The van der Waals surface area contributed by atoms with Crippen molar-refractivity contribution in [2.45, 2.75) is 39.0 Å². The van der Waals surface area contributed by atoms with Crippen LogP contribution in [0, 0.1) is 0 Å². The number of rotatable bonds is 4. The van der Waals surface area contributed by atoms with Gasteiger partial charge in [-0.2, -0.15) is 4.40 Å². The monoisotopic (exact) mass is 335 g/mol. The van der Waals surface area contributed by atoms with E-state index < -0.39 is 11.0 Å². The Kier molecular flexibility index (Phi) is 6.12. The number of nitrogens with zero attached hydrogens (tertiary/aromatic N) is 3. The normalized spacial score (nSPS) is 19.8. The van der Waals surface area contributed by atoms with Crippen molar-refractivity contribution in [3.63, 3.8) is 0 Å². The third kappa shape index (κ3) is 5.52. The van der Waals surface area contributed by atoms with Crippen molar-refractivity contribution in [1.82, 2.24) is 9.80 Å². The summed E-state index contributed by atoms with van der Waals surface area (Å²) in [6, 6.07) is 8.49. The van der Waals surface area contributed by atoms with E-state index in [-0.39, 0.29) is 4.75 Å². The number of hydrogen-bond acceptors (Lipinski definition) is 3. The lowest BCUT2D eigenvalue weighted by molar-refractivity contribution is 0.148. The summed E-state index contributed by atoms with van der Waals surface area (Å²) in [5, 5.41) is 0. The van der Waals surface area contributed by atoms with E-state index in [0.29, 0.717) is 0 Å². The number of likely N-dealkylation sites (N-methyl/N-ethyl adjacent to an activating group) is 1. The molecule has 0 saturated carbocycles. The average Bonchev–Trinajstić information content (AvgIpc) is 2.49. The first-order valence-corrected chi connectivity index (χ1v) is 9.34. The zero-order chi connectivity index (χ0) is 17.0. The molecular weight excluding hydrogens is 306 g/mol. The van der Waals surface area contributed by atoms with Crippen molar-refractivity contribution >= 4 is 16.7 Å². The SMILES string of the molecule is C/C(=N\S(=O)C(C)(C)C)c1ccc(CN2CCN(C)CC2)cc1. The van der Waals surface area contributed by atoms with Crippen LogP contribution in [0.5, 0.6) is 0 Å². The molecule has 5 heteroatoms. The predicted octanol–water partition coefficient (Wildman–Crippen LogP) is 2.71. The third-order valence-corrected chi connectivity index (χ3v) is 5.60. The van der Waals surface area contributed by atoms with E-state index in [1.165, 1.54) is 5.56 Å². The Hall–Kier alpha value is -1.04. The molecule has 0 N–H and O–H groups in total. The molecule has 0 radical (unpaired) electrons. The van der Waals surface area contributed by atoms with Crippen LogP contribution in [0.1, 0.15) is 38.8 Å². The van der Waals surface area contributed by atoms with Crippen LogP contribution < -0.4 is 0 Å². The van der Waals surface area contributed by atoms with Gasteiger partial charge >= 0.3 is 0 Å². The van der Waals surface area contributed by atoms with E-state index in [1.54, 1.807) is 0 Å². The van der Waals surface area contributed by atoms with E-state index in [9.17, 15) is 4.21 Å². The molecule has 4 nitrogen and oxygen atoms in total. The standard InChI is InChI=1S/C18H29N3OS/c1-15(19-23(22)18(2,3)4)17-8-6-16(7-9-17)14-21-12-10-20(5)11-13-21/h6-9H,10-14H2,1-5H3/b19-15+. The molecule has 1 aliphatic heterocycles. The van der Waals surface area contributed by atoms with Gasteiger partial charge in [-0.05, 0) is 45.9 Å². The van der Waals surface area contributed by atoms with Crippen molar-refractivity contribution in [2.24, 2.45) is 4.40 Å². The Morgan fingerprint density at radius 2 is 1.70 bits per heavy atom. The first-order chi connectivity index (χ1) is 10.8. The molecule has 2 rings (SSSR count). The molecule has 0 spiro atoms. The lowest BCUT2D eigenvalue weighted by atomic mass is 10.1. The molecule has 128 valence electrons. The Bertz CT molecular complexity index is 567. The van der Waals surface area contributed by atoms with E-state index in [4.69, 9.17) is 0 Å². The van der Waals surface area contributed by atoms with Crippen molar-refractivity contribution in [1.29, 1.82) is 0 Å². The van der Waals surface area contributed by atoms with Crippen molar-refractivity contribution in [3.05, 3.63) is 35.4 Å². The first-order valence-electron chi connectivity index (χ1n) is 8.23. The maximum absolute atomic E-state index is 12.1. The number of benzene rings is 1. The molecule has 1 aliphatic rings. The van der Waals surface area contributed by atoms with Gasteiger partial charge in [-0.1, -0.05) is 24.3 Å². The molecule has 0 aromatic heterocycles. The molecule has 1 atom stereocenters. The summed E-state index contributed by atoms with van der Waals surface area (Å²) in [6.45, 7) is 13.3. The highest BCUT2D eigenvalue weighted by Crippen LogP contribution is 2.15. The molecule has 0 bridgehead atoms. The number of hydrogen-bond donors (Lipinski definition) is 0. The topological polar surface area (TPSA) is 35.9 Å². The minimum absolute atomic E-state index is 0.317. The molecule has 1 aromatic rings. The summed E-state index contributed by atoms with van der Waals surface area (Å²) in [5.74, 6) is 0. The maximum atomic E-state index is 12.1. The molecule has 1 heterocycles. The first kappa shape index (κ1) is 18.3. The van der Waals surface area contributed by atoms with Crippen molar-refractivity contribution in [3.8, 4) is 0 Å². The van der Waals surface area contributed by atoms with Gasteiger partial charge in [-0.25, -0.2) is 4.21 Å². The highest BCUT2D eigenvalue weighted by molar-refractivity contribution is 7.85. The van der Waals surface area contributed by atoms with Crippen LogP contribution in [0.2, 0.25) is 0 Å². The van der Waals surface area contributed by atoms with Gasteiger partial charge in [0.15, 0.2) is 0 Å². The highest BCUT2D eigenvalue weighted by atomic mass is 32.2. The summed E-state index contributed by atoms with van der Waals surface area (Å²) >= 11 is 0. The summed E-state index contributed by atoms with van der Waals surface area (Å²) in [7, 11) is 0.969. The molecular formula is C18H29N3OS. The molecule has 1 fully saturated rings. The van der Waals surface area contributed by atoms with Gasteiger partial charge in [0.05, 0.1) is 10.5 Å². The van der Waals surface area contributed by atoms with Crippen LogP contribution in [-0.4, -0.2) is 57.7 Å². The lowest BCUT2D eigenvalue weighted by Crippen LogP contribution is -2.43. The zero-order valence-electron chi connectivity index (χ0n) is 15.0. The molecule has 23 heavy (non-hydrogen) atoms. The fraction of sp³-hybridized carbons (Fsp3) is 0.611. The van der Waals surface area contributed by atoms with Gasteiger partial charge in [0, 0.05) is 32.7 Å². The minimum Gasteiger partial charge on any atom is -0.304 e. The van der Waals surface area contributed by atoms with Crippen LogP contribution >= 0.6 is 0 Å². The Balaban J connectivity index is 1.99. The van der Waals surface area contributed by atoms with Crippen LogP contribution in [0.4, 0.5) is 0 Å². The number of piperazine rings is 1. The molecule has 0 aliphatic carbocycles. The summed E-state index contributed by atoms with van der Waals surface area (Å²) in [4.78, 5) is 4.86. The zero-order valence-corrected chi connectivity index (χ0v) is 15.8. The Morgan fingerprint density at radius 3 is 2.22 bits per heavy atom. The second kappa shape index (κ2) is 7.69. The second-order valence-corrected chi connectivity index (χ2v) is 9.22. The fourth-order valence-corrected chi connectivity index (χ4v) is 3.06. The van der Waals surface area contributed by atoms with Gasteiger partial charge in [-0.3, -0.25) is 4.90 Å². The van der Waals surface area contributed by atoms with E-state index in [0.717, 1.165) is 44.0 Å². The highest BCUT2D eigenvalue weighted by Gasteiger charge is 2.19. The van der Waals surface area contributed by atoms with Gasteiger partial charge in [0.25, 0.3) is 0 Å². The second-order valence-electron chi connectivity index (χ2n) is 7.31. The van der Waals surface area contributed by atoms with E-state index in [1.807, 2.05) is 27.7 Å². The quantitative estimate of drug-likeness (QED) is 0.794. The van der Waals surface area contributed by atoms with Crippen molar-refractivity contribution in [2.75, 3.05) is 33.2 Å². The Labute approximate surface area is 143 Å². The molecule has 1 aromatic carbocycles. The molecule has 0 amide bonds. The van der Waals surface area contributed by atoms with Crippen molar-refractivity contribution < 1.29 is 4.21 Å². The smallest absolute Gasteiger partial charge is 0.145 e. The molecule has 1 unspecified atom stereocenters. The van der Waals surface area contributed by atoms with Gasteiger partial charge < -0.3 is 4.90 Å². The minimum atomic E-state index is -1.21. The van der Waals surface area contributed by atoms with E-state index >= 15 is 0 Å². The van der Waals surface area contributed by atoms with Gasteiger partial charge in [-0.15, -0.1) is 0 Å².